The first kappa shape index (κ1) is 22.2. The number of halogens is 1. The minimum Gasteiger partial charge on any atom is -0.462 e. The number of nitrogens with zero attached hydrogens (tertiary/aromatic N) is 2. The summed E-state index contributed by atoms with van der Waals surface area (Å²) in [5.74, 6) is -3.29. The van der Waals surface area contributed by atoms with Crippen LogP contribution in [0.5, 0.6) is 0 Å². The fourth-order valence-electron chi connectivity index (χ4n) is 3.75. The molecule has 2 heterocycles. The second kappa shape index (κ2) is 9.22. The van der Waals surface area contributed by atoms with Gasteiger partial charge in [-0.2, -0.15) is 0 Å². The first-order valence-electron chi connectivity index (χ1n) is 10.2. The molecule has 4 amide bonds. The Labute approximate surface area is 193 Å². The number of amides is 4. The van der Waals surface area contributed by atoms with Crippen LogP contribution in [0.4, 0.5) is 15.5 Å². The Morgan fingerprint density at radius 1 is 1.25 bits per heavy atom. The normalized spacial score (nSPS) is 18.6. The minimum atomic E-state index is -1.32. The quantitative estimate of drug-likeness (QED) is 0.400. The van der Waals surface area contributed by atoms with Crippen LogP contribution < -0.4 is 10.2 Å². The lowest BCUT2D eigenvalue weighted by Crippen LogP contribution is -2.58. The molecule has 1 N–H and O–H groups in total. The van der Waals surface area contributed by atoms with E-state index >= 15 is 0 Å². The number of hydrogen-bond donors (Lipinski definition) is 1. The third-order valence-corrected chi connectivity index (χ3v) is 6.71. The van der Waals surface area contributed by atoms with Crippen LogP contribution in [-0.4, -0.2) is 36.6 Å². The lowest BCUT2D eigenvalue weighted by molar-refractivity contribution is -0.131. The van der Waals surface area contributed by atoms with Gasteiger partial charge in [-0.1, -0.05) is 11.6 Å². The summed E-state index contributed by atoms with van der Waals surface area (Å²) in [6.45, 7) is 1.96. The van der Waals surface area contributed by atoms with E-state index in [0.29, 0.717) is 15.6 Å². The first-order valence-corrected chi connectivity index (χ1v) is 11.4. The number of hydrogen-bond acceptors (Lipinski definition) is 7. The monoisotopic (exact) mass is 473 g/mol. The van der Waals surface area contributed by atoms with E-state index in [4.69, 9.17) is 16.3 Å². The Morgan fingerprint density at radius 2 is 1.97 bits per heavy atom. The number of carbonyl (C=O) groups excluding carboxylic acids is 4. The van der Waals surface area contributed by atoms with Crippen molar-refractivity contribution in [3.63, 3.8) is 0 Å². The van der Waals surface area contributed by atoms with Crippen molar-refractivity contribution in [2.24, 2.45) is 10.9 Å². The van der Waals surface area contributed by atoms with Crippen LogP contribution in [0.1, 0.15) is 40.6 Å². The highest BCUT2D eigenvalue weighted by Gasteiger charge is 2.40. The van der Waals surface area contributed by atoms with Crippen LogP contribution in [0.2, 0.25) is 5.02 Å². The van der Waals surface area contributed by atoms with Gasteiger partial charge in [-0.05, 0) is 62.4 Å². The molecule has 4 rings (SSSR count). The molecule has 1 saturated heterocycles. The maximum atomic E-state index is 13.0. The molecule has 8 nitrogen and oxygen atoms in total. The zero-order valence-electron chi connectivity index (χ0n) is 17.2. The number of urea groups is 1. The van der Waals surface area contributed by atoms with Gasteiger partial charge < -0.3 is 4.74 Å². The van der Waals surface area contributed by atoms with Crippen LogP contribution >= 0.6 is 22.9 Å². The van der Waals surface area contributed by atoms with Gasteiger partial charge in [0.2, 0.25) is 5.91 Å². The van der Waals surface area contributed by atoms with Crippen molar-refractivity contribution in [1.29, 1.82) is 0 Å². The highest BCUT2D eigenvalue weighted by molar-refractivity contribution is 7.16. The Balaban J connectivity index is 1.66. The third kappa shape index (κ3) is 4.18. The molecule has 1 aliphatic carbocycles. The predicted molar refractivity (Wildman–Crippen MR) is 121 cm³/mol. The summed E-state index contributed by atoms with van der Waals surface area (Å²) >= 11 is 7.25. The Bertz CT molecular complexity index is 1130. The summed E-state index contributed by atoms with van der Waals surface area (Å²) in [6, 6.07) is 5.26. The third-order valence-electron chi connectivity index (χ3n) is 5.26. The van der Waals surface area contributed by atoms with Crippen molar-refractivity contribution in [2.75, 3.05) is 11.5 Å². The van der Waals surface area contributed by atoms with Crippen LogP contribution in [0, 0.1) is 5.92 Å². The van der Waals surface area contributed by atoms with Crippen LogP contribution in [-0.2, 0) is 27.2 Å². The predicted octanol–water partition coefficient (Wildman–Crippen LogP) is 4.06. The number of imide groups is 2. The number of thiophene rings is 1. The van der Waals surface area contributed by atoms with Gasteiger partial charge in [-0.15, -0.1) is 11.3 Å². The van der Waals surface area contributed by atoms with Crippen molar-refractivity contribution < 1.29 is 23.9 Å². The number of aliphatic imine (C=N–C) groups is 1. The van der Waals surface area contributed by atoms with E-state index < -0.39 is 29.7 Å². The van der Waals surface area contributed by atoms with Crippen LogP contribution in [0.25, 0.3) is 0 Å². The number of nitrogens with one attached hydrogen (secondary N) is 1. The van der Waals surface area contributed by atoms with Crippen molar-refractivity contribution >= 4 is 63.7 Å². The molecule has 32 heavy (non-hydrogen) atoms. The van der Waals surface area contributed by atoms with Gasteiger partial charge in [0.05, 0.1) is 17.9 Å². The standard InChI is InChI=1S/C22H20ClN3O5S/c1-2-31-21(29)17-14-5-3-4-6-16(14)32-19(17)24-11-15-18(27)25-22(30)26(20(15)28)13-9-7-12(23)8-10-13/h7-11,15H,2-6H2,1H3,(H,25,27,30)/t15-/m0/s1. The Kier molecular flexibility index (Phi) is 6.38. The molecule has 0 saturated carbocycles. The molecule has 0 radical (unpaired) electrons. The zero-order chi connectivity index (χ0) is 22.8. The molecular formula is C22H20ClN3O5S. The lowest BCUT2D eigenvalue weighted by Gasteiger charge is -2.28. The zero-order valence-corrected chi connectivity index (χ0v) is 18.8. The minimum absolute atomic E-state index is 0.230. The van der Waals surface area contributed by atoms with Gasteiger partial charge in [0, 0.05) is 16.1 Å². The molecule has 1 aromatic carbocycles. The lowest BCUT2D eigenvalue weighted by atomic mass is 9.95. The highest BCUT2D eigenvalue weighted by Crippen LogP contribution is 2.40. The number of rotatable bonds is 5. The molecule has 10 heteroatoms. The fourth-order valence-corrected chi connectivity index (χ4v) is 5.11. The molecule has 1 atom stereocenters. The molecule has 2 aliphatic rings. The number of anilines is 1. The second-order valence-electron chi connectivity index (χ2n) is 7.31. The fraction of sp³-hybridized carbons (Fsp3) is 0.318. The van der Waals surface area contributed by atoms with E-state index in [1.807, 2.05) is 0 Å². The number of ether oxygens (including phenoxy) is 1. The van der Waals surface area contributed by atoms with E-state index in [9.17, 15) is 19.2 Å². The van der Waals surface area contributed by atoms with E-state index in [2.05, 4.69) is 10.3 Å². The van der Waals surface area contributed by atoms with E-state index in [1.54, 1.807) is 19.1 Å². The Morgan fingerprint density at radius 3 is 2.69 bits per heavy atom. The first-order chi connectivity index (χ1) is 15.4. The van der Waals surface area contributed by atoms with Gasteiger partial charge in [-0.3, -0.25) is 14.9 Å². The molecule has 2 aromatic rings. The topological polar surface area (TPSA) is 105 Å². The summed E-state index contributed by atoms with van der Waals surface area (Å²) in [6.07, 6.45) is 4.80. The number of carbonyl (C=O) groups is 4. The smallest absolute Gasteiger partial charge is 0.341 e. The number of barbiturate groups is 1. The molecule has 0 unspecified atom stereocenters. The molecular weight excluding hydrogens is 454 g/mol. The number of esters is 1. The Hall–Kier alpha value is -3.04. The molecule has 0 spiro atoms. The number of aryl methyl sites for hydroxylation is 1. The maximum absolute atomic E-state index is 13.0. The summed E-state index contributed by atoms with van der Waals surface area (Å²) in [5, 5.41) is 3.03. The summed E-state index contributed by atoms with van der Waals surface area (Å²) in [4.78, 5) is 56.6. The molecule has 0 bridgehead atoms. The summed E-state index contributed by atoms with van der Waals surface area (Å²) < 4.78 is 5.21. The second-order valence-corrected chi connectivity index (χ2v) is 8.83. The van der Waals surface area contributed by atoms with Crippen molar-refractivity contribution in [1.82, 2.24) is 5.32 Å². The largest absolute Gasteiger partial charge is 0.462 e. The molecule has 1 aromatic heterocycles. The summed E-state index contributed by atoms with van der Waals surface area (Å²) in [5.41, 5.74) is 1.61. The van der Waals surface area contributed by atoms with Gasteiger partial charge in [0.25, 0.3) is 5.91 Å². The van der Waals surface area contributed by atoms with E-state index in [1.165, 1.54) is 29.7 Å². The van der Waals surface area contributed by atoms with Crippen molar-refractivity contribution in [3.05, 3.63) is 45.3 Å². The molecule has 1 fully saturated rings. The van der Waals surface area contributed by atoms with Gasteiger partial charge in [-0.25, -0.2) is 19.5 Å². The average molecular weight is 474 g/mol. The van der Waals surface area contributed by atoms with E-state index in [-0.39, 0.29) is 12.3 Å². The summed E-state index contributed by atoms with van der Waals surface area (Å²) in [7, 11) is 0. The van der Waals surface area contributed by atoms with Crippen LogP contribution in [0.15, 0.2) is 29.3 Å². The van der Waals surface area contributed by atoms with Gasteiger partial charge >= 0.3 is 12.0 Å². The number of fused-ring (bicyclic) bond motifs is 1. The highest BCUT2D eigenvalue weighted by atomic mass is 35.5. The van der Waals surface area contributed by atoms with E-state index in [0.717, 1.165) is 41.0 Å². The average Bonchev–Trinajstić information content (AvgIpc) is 3.13. The van der Waals surface area contributed by atoms with Crippen LogP contribution in [0.3, 0.4) is 0 Å². The molecule has 166 valence electrons. The maximum Gasteiger partial charge on any atom is 0.341 e. The van der Waals surface area contributed by atoms with Gasteiger partial charge in [0.1, 0.15) is 5.00 Å². The number of benzene rings is 1. The SMILES string of the molecule is CCOC(=O)c1c(N=C[C@H]2C(=O)NC(=O)N(c3ccc(Cl)cc3)C2=O)sc2c1CCCC2. The van der Waals surface area contributed by atoms with Crippen molar-refractivity contribution in [3.8, 4) is 0 Å². The molecule has 1 aliphatic heterocycles. The van der Waals surface area contributed by atoms with Gasteiger partial charge in [0.15, 0.2) is 5.92 Å². The van der Waals surface area contributed by atoms with Crippen molar-refractivity contribution in [2.45, 2.75) is 32.6 Å².